The number of rotatable bonds is 10. The Morgan fingerprint density at radius 1 is 1.09 bits per heavy atom. The highest BCUT2D eigenvalue weighted by atomic mass is 16.2. The van der Waals surface area contributed by atoms with Gasteiger partial charge in [0.05, 0.1) is 6.54 Å². The van der Waals surface area contributed by atoms with Gasteiger partial charge in [0.1, 0.15) is 0 Å². The van der Waals surface area contributed by atoms with Crippen LogP contribution in [0.3, 0.4) is 0 Å². The van der Waals surface area contributed by atoms with E-state index in [-0.39, 0.29) is 18.4 Å². The van der Waals surface area contributed by atoms with E-state index in [1.807, 2.05) is 18.2 Å². The van der Waals surface area contributed by atoms with Gasteiger partial charge in [-0.25, -0.2) is 0 Å². The molecule has 0 atom stereocenters. The molecule has 0 aliphatic rings. The number of aryl methyl sites for hydroxylation is 1. The van der Waals surface area contributed by atoms with Crippen molar-refractivity contribution in [1.29, 1.82) is 0 Å². The van der Waals surface area contributed by atoms with Gasteiger partial charge in [0, 0.05) is 20.0 Å². The maximum Gasteiger partial charge on any atom is 0.239 e. The number of carbonyl (C=O) groups is 2. The maximum absolute atomic E-state index is 11.9. The number of benzene rings is 1. The molecule has 0 radical (unpaired) electrons. The van der Waals surface area contributed by atoms with E-state index in [9.17, 15) is 9.59 Å². The van der Waals surface area contributed by atoms with E-state index < -0.39 is 0 Å². The van der Waals surface area contributed by atoms with E-state index in [0.717, 1.165) is 32.1 Å². The van der Waals surface area contributed by atoms with Crippen molar-refractivity contribution in [2.24, 2.45) is 0 Å². The lowest BCUT2D eigenvalue weighted by molar-refractivity contribution is -0.134. The van der Waals surface area contributed by atoms with Crippen LogP contribution >= 0.6 is 0 Å². The van der Waals surface area contributed by atoms with Crippen LogP contribution in [0.1, 0.15) is 45.1 Å². The molecule has 1 N–H and O–H groups in total. The molecule has 122 valence electrons. The van der Waals surface area contributed by atoms with Crippen molar-refractivity contribution in [2.75, 3.05) is 19.6 Å². The lowest BCUT2D eigenvalue weighted by Gasteiger charge is -2.20. The van der Waals surface area contributed by atoms with E-state index in [0.29, 0.717) is 13.1 Å². The highest BCUT2D eigenvalue weighted by Gasteiger charge is 2.12. The van der Waals surface area contributed by atoms with Crippen LogP contribution in [0.2, 0.25) is 0 Å². The normalized spacial score (nSPS) is 10.3. The van der Waals surface area contributed by atoms with Crippen LogP contribution in [0.5, 0.6) is 0 Å². The summed E-state index contributed by atoms with van der Waals surface area (Å²) in [5, 5.41) is 2.90. The molecule has 0 saturated heterocycles. The van der Waals surface area contributed by atoms with Gasteiger partial charge in [-0.2, -0.15) is 0 Å². The minimum atomic E-state index is -0.0697. The zero-order valence-corrected chi connectivity index (χ0v) is 13.8. The van der Waals surface area contributed by atoms with E-state index in [1.165, 1.54) is 12.5 Å². The summed E-state index contributed by atoms with van der Waals surface area (Å²) >= 11 is 0. The Morgan fingerprint density at radius 2 is 1.82 bits per heavy atom. The van der Waals surface area contributed by atoms with E-state index in [2.05, 4.69) is 24.4 Å². The zero-order chi connectivity index (χ0) is 16.2. The molecule has 4 nitrogen and oxygen atoms in total. The van der Waals surface area contributed by atoms with Crippen molar-refractivity contribution in [3.05, 3.63) is 35.9 Å². The number of hydrogen-bond donors (Lipinski definition) is 1. The molecule has 0 spiro atoms. The molecule has 0 aromatic heterocycles. The number of nitrogens with zero attached hydrogens (tertiary/aromatic N) is 1. The third-order valence-electron chi connectivity index (χ3n) is 3.62. The first-order valence-corrected chi connectivity index (χ1v) is 8.19. The van der Waals surface area contributed by atoms with Crippen LogP contribution in [0.15, 0.2) is 30.3 Å². The molecule has 2 amide bonds. The van der Waals surface area contributed by atoms with Gasteiger partial charge in [0.2, 0.25) is 11.8 Å². The van der Waals surface area contributed by atoms with Crippen molar-refractivity contribution < 1.29 is 9.59 Å². The molecule has 0 aliphatic heterocycles. The SMILES string of the molecule is CCCCCN(CC(=O)NCCCc1ccccc1)C(C)=O. The Balaban J connectivity index is 2.21. The third kappa shape index (κ3) is 7.81. The third-order valence-corrected chi connectivity index (χ3v) is 3.62. The van der Waals surface area contributed by atoms with Crippen molar-refractivity contribution in [1.82, 2.24) is 10.2 Å². The second-order valence-corrected chi connectivity index (χ2v) is 5.59. The standard InChI is InChI=1S/C18H28N2O2/c1-3-4-8-14-20(16(2)21)15-18(22)19-13-9-12-17-10-6-5-7-11-17/h5-7,10-11H,3-4,8-9,12-15H2,1-2H3,(H,19,22). The average Bonchev–Trinajstić information content (AvgIpc) is 2.51. The Hall–Kier alpha value is -1.84. The summed E-state index contributed by atoms with van der Waals surface area (Å²) in [5.74, 6) is -0.102. The summed E-state index contributed by atoms with van der Waals surface area (Å²) in [5.41, 5.74) is 1.28. The largest absolute Gasteiger partial charge is 0.355 e. The molecule has 0 saturated carbocycles. The Morgan fingerprint density at radius 3 is 2.45 bits per heavy atom. The Labute approximate surface area is 133 Å². The molecular formula is C18H28N2O2. The Kier molecular flexibility index (Phi) is 8.96. The van der Waals surface area contributed by atoms with Gasteiger partial charge >= 0.3 is 0 Å². The molecule has 0 aliphatic carbocycles. The maximum atomic E-state index is 11.9. The average molecular weight is 304 g/mol. The first-order valence-electron chi connectivity index (χ1n) is 8.19. The summed E-state index contributed by atoms with van der Waals surface area (Å²) in [6, 6.07) is 10.2. The molecule has 0 heterocycles. The molecule has 0 bridgehead atoms. The summed E-state index contributed by atoms with van der Waals surface area (Å²) in [7, 11) is 0. The molecule has 0 fully saturated rings. The van der Waals surface area contributed by atoms with Gasteiger partial charge in [-0.15, -0.1) is 0 Å². The van der Waals surface area contributed by atoms with Gasteiger partial charge in [-0.05, 0) is 24.8 Å². The molecule has 22 heavy (non-hydrogen) atoms. The van der Waals surface area contributed by atoms with Gasteiger partial charge in [0.25, 0.3) is 0 Å². The lowest BCUT2D eigenvalue weighted by Crippen LogP contribution is -2.40. The highest BCUT2D eigenvalue weighted by Crippen LogP contribution is 2.02. The van der Waals surface area contributed by atoms with Crippen LogP contribution in [0.25, 0.3) is 0 Å². The number of hydrogen-bond acceptors (Lipinski definition) is 2. The fourth-order valence-corrected chi connectivity index (χ4v) is 2.29. The zero-order valence-electron chi connectivity index (χ0n) is 13.8. The topological polar surface area (TPSA) is 49.4 Å². The number of nitrogens with one attached hydrogen (secondary N) is 1. The summed E-state index contributed by atoms with van der Waals surface area (Å²) in [4.78, 5) is 25.1. The van der Waals surface area contributed by atoms with Crippen LogP contribution < -0.4 is 5.32 Å². The summed E-state index contributed by atoms with van der Waals surface area (Å²) in [6.45, 7) is 5.13. The van der Waals surface area contributed by atoms with Gasteiger partial charge < -0.3 is 10.2 Å². The van der Waals surface area contributed by atoms with Crippen LogP contribution in [0.4, 0.5) is 0 Å². The number of amides is 2. The van der Waals surface area contributed by atoms with Crippen LogP contribution in [0, 0.1) is 0 Å². The second-order valence-electron chi connectivity index (χ2n) is 5.59. The number of unbranched alkanes of at least 4 members (excludes halogenated alkanes) is 2. The molecule has 0 unspecified atom stereocenters. The fraction of sp³-hybridized carbons (Fsp3) is 0.556. The van der Waals surface area contributed by atoms with Crippen molar-refractivity contribution in [2.45, 2.75) is 46.0 Å². The van der Waals surface area contributed by atoms with E-state index in [1.54, 1.807) is 4.90 Å². The first-order chi connectivity index (χ1) is 10.6. The second kappa shape index (κ2) is 10.8. The van der Waals surface area contributed by atoms with Crippen LogP contribution in [-0.2, 0) is 16.0 Å². The van der Waals surface area contributed by atoms with Crippen LogP contribution in [-0.4, -0.2) is 36.3 Å². The Bertz CT molecular complexity index is 446. The molecular weight excluding hydrogens is 276 g/mol. The van der Waals surface area contributed by atoms with Crippen molar-refractivity contribution in [3.8, 4) is 0 Å². The quantitative estimate of drug-likeness (QED) is 0.676. The highest BCUT2D eigenvalue weighted by molar-refractivity contribution is 5.83. The van der Waals surface area contributed by atoms with Crippen molar-refractivity contribution >= 4 is 11.8 Å². The smallest absolute Gasteiger partial charge is 0.239 e. The summed E-state index contributed by atoms with van der Waals surface area (Å²) in [6.07, 6.45) is 5.01. The predicted octanol–water partition coefficient (Wildman–Crippen LogP) is 2.77. The van der Waals surface area contributed by atoms with Crippen molar-refractivity contribution in [3.63, 3.8) is 0 Å². The van der Waals surface area contributed by atoms with Gasteiger partial charge in [0.15, 0.2) is 0 Å². The lowest BCUT2D eigenvalue weighted by atomic mass is 10.1. The van der Waals surface area contributed by atoms with E-state index in [4.69, 9.17) is 0 Å². The predicted molar refractivity (Wildman–Crippen MR) is 89.6 cm³/mol. The summed E-state index contributed by atoms with van der Waals surface area (Å²) < 4.78 is 0. The fourth-order valence-electron chi connectivity index (χ4n) is 2.29. The first kappa shape index (κ1) is 18.2. The minimum absolute atomic E-state index is 0.0319. The van der Waals surface area contributed by atoms with E-state index >= 15 is 0 Å². The monoisotopic (exact) mass is 304 g/mol. The van der Waals surface area contributed by atoms with Gasteiger partial charge in [-0.1, -0.05) is 50.1 Å². The molecule has 4 heteroatoms. The molecule has 1 aromatic carbocycles. The molecule has 1 rings (SSSR count). The van der Waals surface area contributed by atoms with Gasteiger partial charge in [-0.3, -0.25) is 9.59 Å². The number of carbonyl (C=O) groups excluding carboxylic acids is 2. The minimum Gasteiger partial charge on any atom is -0.355 e. The molecule has 1 aromatic rings.